The summed E-state index contributed by atoms with van der Waals surface area (Å²) in [4.78, 5) is 65.5. The van der Waals surface area contributed by atoms with Crippen molar-refractivity contribution in [1.82, 2.24) is 16.0 Å². The second-order valence-electron chi connectivity index (χ2n) is 8.64. The fraction of sp³-hybridized carbons (Fsp3) is 0.478. The minimum absolute atomic E-state index is 0.00935. The van der Waals surface area contributed by atoms with Gasteiger partial charge in [0.15, 0.2) is 5.96 Å². The van der Waals surface area contributed by atoms with Gasteiger partial charge in [0.25, 0.3) is 0 Å². The van der Waals surface area contributed by atoms with Crippen molar-refractivity contribution >= 4 is 48.2 Å². The number of carboxylic acid groups (broad SMARTS) is 1. The van der Waals surface area contributed by atoms with Crippen molar-refractivity contribution in [2.24, 2.45) is 27.9 Å². The highest BCUT2D eigenvalue weighted by Crippen LogP contribution is 2.12. The molecule has 0 heterocycles. The fourth-order valence-electron chi connectivity index (χ4n) is 3.30. The number of phenolic OH excluding ortho intramolecular Hbond substituents is 1. The lowest BCUT2D eigenvalue weighted by molar-refractivity contribution is -0.142. The molecule has 0 spiro atoms. The summed E-state index contributed by atoms with van der Waals surface area (Å²) in [5, 5.41) is 26.3. The van der Waals surface area contributed by atoms with Gasteiger partial charge >= 0.3 is 5.97 Å². The zero-order chi connectivity index (χ0) is 29.5. The zero-order valence-electron chi connectivity index (χ0n) is 21.2. The van der Waals surface area contributed by atoms with Crippen LogP contribution in [-0.4, -0.2) is 82.2 Å². The fourth-order valence-corrected chi connectivity index (χ4v) is 3.47. The van der Waals surface area contributed by atoms with Gasteiger partial charge in [-0.1, -0.05) is 12.1 Å². The molecule has 0 saturated heterocycles. The molecule has 216 valence electrons. The standard InChI is InChI=1S/C23H36N8O7S/c24-14(11-39)19(34)29-15(2-1-9-28-23(26)27)20(35)30-16(7-8-18(25)33)21(36)31-17(22(37)38)10-12-3-5-13(32)6-4-12/h3-6,14-17,32,39H,1-2,7-11,24H2,(H2,25,33)(H,29,34)(H,30,35)(H,31,36)(H,37,38)(H4,26,27,28). The highest BCUT2D eigenvalue weighted by atomic mass is 32.1. The molecule has 4 unspecified atom stereocenters. The number of aliphatic carboxylic acids is 1. The molecule has 4 amide bonds. The summed E-state index contributed by atoms with van der Waals surface area (Å²) in [5.41, 5.74) is 22.0. The first-order valence-corrected chi connectivity index (χ1v) is 12.6. The van der Waals surface area contributed by atoms with Crippen molar-refractivity contribution in [2.75, 3.05) is 12.3 Å². The lowest BCUT2D eigenvalue weighted by atomic mass is 10.0. The number of guanidine groups is 1. The zero-order valence-corrected chi connectivity index (χ0v) is 22.1. The van der Waals surface area contributed by atoms with E-state index in [2.05, 4.69) is 33.6 Å². The number of benzene rings is 1. The second kappa shape index (κ2) is 16.7. The molecular formula is C23H36N8O7S. The van der Waals surface area contributed by atoms with E-state index in [9.17, 15) is 34.2 Å². The average Bonchev–Trinajstić information content (AvgIpc) is 2.87. The number of carbonyl (C=O) groups excluding carboxylic acids is 4. The van der Waals surface area contributed by atoms with Crippen LogP contribution < -0.4 is 38.9 Å². The number of thiol groups is 1. The Balaban J connectivity index is 3.06. The smallest absolute Gasteiger partial charge is 0.326 e. The quantitative estimate of drug-likeness (QED) is 0.0394. The van der Waals surface area contributed by atoms with Gasteiger partial charge in [0.05, 0.1) is 6.04 Å². The van der Waals surface area contributed by atoms with Crippen LogP contribution in [0.5, 0.6) is 5.75 Å². The van der Waals surface area contributed by atoms with Gasteiger partial charge < -0.3 is 49.1 Å². The molecule has 0 fully saturated rings. The normalized spacial score (nSPS) is 13.7. The van der Waals surface area contributed by atoms with Gasteiger partial charge in [-0.05, 0) is 37.0 Å². The van der Waals surface area contributed by atoms with Gasteiger partial charge in [0.2, 0.25) is 23.6 Å². The van der Waals surface area contributed by atoms with Gasteiger partial charge in [-0.3, -0.25) is 24.2 Å². The van der Waals surface area contributed by atoms with Crippen LogP contribution in [-0.2, 0) is 30.4 Å². The van der Waals surface area contributed by atoms with E-state index in [0.29, 0.717) is 5.56 Å². The van der Waals surface area contributed by atoms with Gasteiger partial charge in [0.1, 0.15) is 23.9 Å². The highest BCUT2D eigenvalue weighted by molar-refractivity contribution is 7.80. The molecule has 0 bridgehead atoms. The molecule has 1 aromatic carbocycles. The third-order valence-electron chi connectivity index (χ3n) is 5.41. The first-order chi connectivity index (χ1) is 18.3. The largest absolute Gasteiger partial charge is 0.508 e. The van der Waals surface area contributed by atoms with E-state index in [1.807, 2.05) is 0 Å². The molecule has 0 aromatic heterocycles. The van der Waals surface area contributed by atoms with Crippen molar-refractivity contribution in [3.63, 3.8) is 0 Å². The number of rotatable bonds is 17. The minimum atomic E-state index is -1.39. The van der Waals surface area contributed by atoms with Crippen LogP contribution in [0.15, 0.2) is 29.3 Å². The number of aromatic hydroxyl groups is 1. The summed E-state index contributed by atoms with van der Waals surface area (Å²) in [7, 11) is 0. The summed E-state index contributed by atoms with van der Waals surface area (Å²) in [6.45, 7) is 0.156. The third kappa shape index (κ3) is 12.8. The molecule has 4 atom stereocenters. The number of carboxylic acids is 1. The van der Waals surface area contributed by atoms with Crippen molar-refractivity contribution in [3.05, 3.63) is 29.8 Å². The number of amides is 4. The number of aliphatic imine (C=N–C) groups is 1. The Hall–Kier alpha value is -4.05. The number of carbonyl (C=O) groups is 5. The van der Waals surface area contributed by atoms with Gasteiger partial charge in [-0.2, -0.15) is 12.6 Å². The minimum Gasteiger partial charge on any atom is -0.508 e. The van der Waals surface area contributed by atoms with Gasteiger partial charge in [-0.25, -0.2) is 4.79 Å². The molecule has 0 aliphatic carbocycles. The maximum absolute atomic E-state index is 13.1. The molecule has 39 heavy (non-hydrogen) atoms. The summed E-state index contributed by atoms with van der Waals surface area (Å²) < 4.78 is 0. The average molecular weight is 569 g/mol. The van der Waals surface area contributed by atoms with Crippen molar-refractivity contribution in [3.8, 4) is 5.75 Å². The Bertz CT molecular complexity index is 1030. The van der Waals surface area contributed by atoms with Gasteiger partial charge in [-0.15, -0.1) is 0 Å². The monoisotopic (exact) mass is 568 g/mol. The number of primary amides is 1. The lowest BCUT2D eigenvalue weighted by Crippen LogP contribution is -2.57. The van der Waals surface area contributed by atoms with Crippen molar-refractivity contribution < 1.29 is 34.2 Å². The predicted octanol–water partition coefficient (Wildman–Crippen LogP) is -2.95. The summed E-state index contributed by atoms with van der Waals surface area (Å²) in [6, 6.07) is 0.811. The van der Waals surface area contributed by atoms with Crippen LogP contribution in [0.25, 0.3) is 0 Å². The summed E-state index contributed by atoms with van der Waals surface area (Å²) >= 11 is 3.97. The third-order valence-corrected chi connectivity index (χ3v) is 5.81. The number of nitrogens with zero attached hydrogens (tertiary/aromatic N) is 1. The number of phenols is 1. The van der Waals surface area contributed by atoms with Gasteiger partial charge in [0, 0.05) is 25.1 Å². The van der Waals surface area contributed by atoms with Crippen LogP contribution >= 0.6 is 12.6 Å². The molecule has 1 aromatic rings. The highest BCUT2D eigenvalue weighted by Gasteiger charge is 2.30. The SMILES string of the molecule is NC(=O)CCC(NC(=O)C(CCCN=C(N)N)NC(=O)C(N)CS)C(=O)NC(Cc1ccc(O)cc1)C(=O)O. The van der Waals surface area contributed by atoms with E-state index in [1.54, 1.807) is 0 Å². The Morgan fingerprint density at radius 3 is 1.92 bits per heavy atom. The van der Waals surface area contributed by atoms with E-state index in [0.717, 1.165) is 0 Å². The Kier molecular flexibility index (Phi) is 14.1. The number of hydrogen-bond donors (Lipinski definition) is 10. The van der Waals surface area contributed by atoms with E-state index < -0.39 is 53.8 Å². The predicted molar refractivity (Wildman–Crippen MR) is 145 cm³/mol. The first-order valence-electron chi connectivity index (χ1n) is 12.0. The second-order valence-corrected chi connectivity index (χ2v) is 9.00. The van der Waals surface area contributed by atoms with Crippen molar-refractivity contribution in [1.29, 1.82) is 0 Å². The van der Waals surface area contributed by atoms with Crippen LogP contribution in [0.1, 0.15) is 31.2 Å². The number of nitrogens with two attached hydrogens (primary N) is 4. The van der Waals surface area contributed by atoms with E-state index in [1.165, 1.54) is 24.3 Å². The molecule has 0 aliphatic rings. The van der Waals surface area contributed by atoms with E-state index in [4.69, 9.17) is 22.9 Å². The van der Waals surface area contributed by atoms with Crippen LogP contribution in [0.3, 0.4) is 0 Å². The first kappa shape index (κ1) is 33.0. The van der Waals surface area contributed by atoms with Crippen LogP contribution in [0.4, 0.5) is 0 Å². The maximum atomic E-state index is 13.1. The molecule has 0 radical (unpaired) electrons. The molecule has 1 rings (SSSR count). The summed E-state index contributed by atoms with van der Waals surface area (Å²) in [5.74, 6) is -4.58. The van der Waals surface area contributed by atoms with E-state index >= 15 is 0 Å². The topological polar surface area (TPSA) is 278 Å². The Morgan fingerprint density at radius 2 is 1.41 bits per heavy atom. The Morgan fingerprint density at radius 1 is 0.872 bits per heavy atom. The van der Waals surface area contributed by atoms with Crippen LogP contribution in [0, 0.1) is 0 Å². The molecule has 15 nitrogen and oxygen atoms in total. The molecule has 13 N–H and O–H groups in total. The molecule has 0 saturated carbocycles. The molecule has 16 heteroatoms. The lowest BCUT2D eigenvalue weighted by Gasteiger charge is -2.25. The number of hydrogen-bond acceptors (Lipinski definition) is 9. The van der Waals surface area contributed by atoms with Crippen LogP contribution in [0.2, 0.25) is 0 Å². The maximum Gasteiger partial charge on any atom is 0.326 e. The number of nitrogens with one attached hydrogen (secondary N) is 3. The van der Waals surface area contributed by atoms with Crippen molar-refractivity contribution in [2.45, 2.75) is 56.3 Å². The Labute approximate surface area is 230 Å². The molecule has 0 aliphatic heterocycles. The van der Waals surface area contributed by atoms with E-state index in [-0.39, 0.29) is 56.1 Å². The summed E-state index contributed by atoms with van der Waals surface area (Å²) in [6.07, 6.45) is -0.305. The molecular weight excluding hydrogens is 532 g/mol.